The summed E-state index contributed by atoms with van der Waals surface area (Å²) >= 11 is 0. The Balaban J connectivity index is 2.05. The second-order valence-corrected chi connectivity index (χ2v) is 7.55. The average molecular weight is 348 g/mol. The van der Waals surface area contributed by atoms with E-state index in [9.17, 15) is 14.4 Å². The highest BCUT2D eigenvalue weighted by atomic mass is 16.6. The van der Waals surface area contributed by atoms with Gasteiger partial charge in [-0.3, -0.25) is 9.59 Å². The van der Waals surface area contributed by atoms with Crippen LogP contribution in [0.1, 0.15) is 40.0 Å². The quantitative estimate of drug-likeness (QED) is 0.330. The molecule has 6 nitrogen and oxygen atoms in total. The molecule has 0 aromatic rings. The molecule has 6 atom stereocenters. The molecule has 0 amide bonds. The summed E-state index contributed by atoms with van der Waals surface area (Å²) in [4.78, 5) is 35.4. The van der Waals surface area contributed by atoms with E-state index in [2.05, 4.69) is 13.2 Å². The van der Waals surface area contributed by atoms with Gasteiger partial charge in [0.2, 0.25) is 0 Å². The SMILES string of the molecule is C=C1C(=O)OC2CC3(C)C(OC(C)=O)CCC(=C)C3C(OC(C)=O)C12. The summed E-state index contributed by atoms with van der Waals surface area (Å²) in [5.74, 6) is -1.84. The summed E-state index contributed by atoms with van der Waals surface area (Å²) in [7, 11) is 0. The minimum Gasteiger partial charge on any atom is -0.462 e. The van der Waals surface area contributed by atoms with E-state index in [0.29, 0.717) is 24.8 Å². The van der Waals surface area contributed by atoms with Crippen molar-refractivity contribution in [3.63, 3.8) is 0 Å². The van der Waals surface area contributed by atoms with Gasteiger partial charge in [-0.1, -0.05) is 25.7 Å². The fourth-order valence-electron chi connectivity index (χ4n) is 4.93. The fourth-order valence-corrected chi connectivity index (χ4v) is 4.93. The summed E-state index contributed by atoms with van der Waals surface area (Å²) in [6.45, 7) is 12.8. The van der Waals surface area contributed by atoms with Crippen LogP contribution in [0.5, 0.6) is 0 Å². The molecule has 3 fully saturated rings. The number of ether oxygens (including phenoxy) is 3. The maximum Gasteiger partial charge on any atom is 0.334 e. The fraction of sp³-hybridized carbons (Fsp3) is 0.632. The summed E-state index contributed by atoms with van der Waals surface area (Å²) in [5, 5.41) is 0. The average Bonchev–Trinajstić information content (AvgIpc) is 2.75. The maximum atomic E-state index is 12.1. The molecule has 6 unspecified atom stereocenters. The highest BCUT2D eigenvalue weighted by molar-refractivity contribution is 5.91. The summed E-state index contributed by atoms with van der Waals surface area (Å²) in [6.07, 6.45) is 0.480. The second kappa shape index (κ2) is 6.00. The first-order valence-electron chi connectivity index (χ1n) is 8.57. The Hall–Kier alpha value is -2.11. The lowest BCUT2D eigenvalue weighted by Gasteiger charge is -2.55. The Morgan fingerprint density at radius 3 is 2.44 bits per heavy atom. The number of carbonyl (C=O) groups is 3. The van der Waals surface area contributed by atoms with E-state index in [1.807, 2.05) is 6.92 Å². The van der Waals surface area contributed by atoms with Gasteiger partial charge in [-0.15, -0.1) is 0 Å². The molecule has 3 aliphatic rings. The van der Waals surface area contributed by atoms with Crippen LogP contribution in [0, 0.1) is 17.3 Å². The zero-order chi connectivity index (χ0) is 18.5. The van der Waals surface area contributed by atoms with Crippen molar-refractivity contribution in [1.82, 2.24) is 0 Å². The minimum atomic E-state index is -0.592. The summed E-state index contributed by atoms with van der Waals surface area (Å²) in [5.41, 5.74) is 0.760. The number of carbonyl (C=O) groups excluding carboxylic acids is 3. The third-order valence-electron chi connectivity index (χ3n) is 5.87. The lowest BCUT2D eigenvalue weighted by molar-refractivity contribution is -0.190. The van der Waals surface area contributed by atoms with Crippen molar-refractivity contribution >= 4 is 17.9 Å². The van der Waals surface area contributed by atoms with Gasteiger partial charge in [0.05, 0.1) is 5.92 Å². The molecule has 0 spiro atoms. The summed E-state index contributed by atoms with van der Waals surface area (Å²) in [6, 6.07) is 0. The second-order valence-electron chi connectivity index (χ2n) is 7.55. The Morgan fingerprint density at radius 2 is 1.84 bits per heavy atom. The van der Waals surface area contributed by atoms with Gasteiger partial charge in [-0.25, -0.2) is 4.79 Å². The van der Waals surface area contributed by atoms with E-state index < -0.39 is 29.6 Å². The van der Waals surface area contributed by atoms with Gasteiger partial charge < -0.3 is 14.2 Å². The van der Waals surface area contributed by atoms with Crippen LogP contribution in [-0.4, -0.2) is 36.2 Å². The van der Waals surface area contributed by atoms with Crippen LogP contribution in [0.3, 0.4) is 0 Å². The van der Waals surface area contributed by atoms with Crippen molar-refractivity contribution in [1.29, 1.82) is 0 Å². The van der Waals surface area contributed by atoms with Crippen LogP contribution in [0.2, 0.25) is 0 Å². The van der Waals surface area contributed by atoms with E-state index >= 15 is 0 Å². The third kappa shape index (κ3) is 2.77. The number of rotatable bonds is 2. The van der Waals surface area contributed by atoms with E-state index in [1.165, 1.54) is 13.8 Å². The Labute approximate surface area is 147 Å². The largest absolute Gasteiger partial charge is 0.462 e. The molecule has 1 aliphatic heterocycles. The van der Waals surface area contributed by atoms with Crippen LogP contribution < -0.4 is 0 Å². The molecule has 0 aromatic heterocycles. The number of hydrogen-bond acceptors (Lipinski definition) is 6. The van der Waals surface area contributed by atoms with Crippen LogP contribution in [0.15, 0.2) is 24.3 Å². The normalized spacial score (nSPS) is 40.0. The lowest BCUT2D eigenvalue weighted by Crippen LogP contribution is -2.59. The lowest BCUT2D eigenvalue weighted by atomic mass is 9.53. The van der Waals surface area contributed by atoms with Crippen LogP contribution in [0.25, 0.3) is 0 Å². The Morgan fingerprint density at radius 1 is 1.20 bits per heavy atom. The predicted molar refractivity (Wildman–Crippen MR) is 88.2 cm³/mol. The smallest absolute Gasteiger partial charge is 0.334 e. The molecule has 25 heavy (non-hydrogen) atoms. The van der Waals surface area contributed by atoms with E-state index in [-0.39, 0.29) is 23.9 Å². The topological polar surface area (TPSA) is 78.9 Å². The van der Waals surface area contributed by atoms with Gasteiger partial charge >= 0.3 is 17.9 Å². The van der Waals surface area contributed by atoms with E-state index in [1.54, 1.807) is 0 Å². The van der Waals surface area contributed by atoms with Crippen molar-refractivity contribution < 1.29 is 28.6 Å². The van der Waals surface area contributed by atoms with Gasteiger partial charge in [0.15, 0.2) is 0 Å². The number of esters is 3. The van der Waals surface area contributed by atoms with Gasteiger partial charge in [0.25, 0.3) is 0 Å². The highest BCUT2D eigenvalue weighted by Gasteiger charge is 2.62. The molecule has 0 radical (unpaired) electrons. The monoisotopic (exact) mass is 348 g/mol. The standard InChI is InChI=1S/C19H24O6/c1-9-6-7-14(23-11(3)20)19(5)8-13-15(10(2)18(22)25-13)17(16(9)19)24-12(4)21/h13-17H,1-2,6-8H2,3-5H3. The van der Waals surface area contributed by atoms with Crippen LogP contribution >= 0.6 is 0 Å². The number of hydrogen-bond donors (Lipinski definition) is 0. The molecule has 3 rings (SSSR count). The minimum absolute atomic E-state index is 0.220. The first kappa shape index (κ1) is 17.7. The zero-order valence-corrected chi connectivity index (χ0v) is 14.9. The van der Waals surface area contributed by atoms with Gasteiger partial charge in [0.1, 0.15) is 18.3 Å². The molecule has 2 saturated carbocycles. The first-order valence-corrected chi connectivity index (χ1v) is 8.57. The molecular formula is C19H24O6. The Kier molecular flexibility index (Phi) is 4.25. The molecule has 2 aliphatic carbocycles. The van der Waals surface area contributed by atoms with Crippen molar-refractivity contribution in [2.45, 2.75) is 58.3 Å². The molecule has 0 aromatic carbocycles. The molecule has 0 N–H and O–H groups in total. The van der Waals surface area contributed by atoms with Crippen LogP contribution in [-0.2, 0) is 28.6 Å². The van der Waals surface area contributed by atoms with Crippen LogP contribution in [0.4, 0.5) is 0 Å². The van der Waals surface area contributed by atoms with Crippen molar-refractivity contribution in [2.75, 3.05) is 0 Å². The van der Waals surface area contributed by atoms with Crippen molar-refractivity contribution in [2.24, 2.45) is 17.3 Å². The zero-order valence-electron chi connectivity index (χ0n) is 14.9. The molecule has 0 bridgehead atoms. The predicted octanol–water partition coefficient (Wildman–Crippen LogP) is 2.32. The third-order valence-corrected chi connectivity index (χ3v) is 5.87. The summed E-state index contributed by atoms with van der Waals surface area (Å²) < 4.78 is 16.7. The molecule has 1 saturated heterocycles. The maximum absolute atomic E-state index is 12.1. The highest BCUT2D eigenvalue weighted by Crippen LogP contribution is 2.58. The van der Waals surface area contributed by atoms with E-state index in [0.717, 1.165) is 5.57 Å². The van der Waals surface area contributed by atoms with Gasteiger partial charge in [-0.05, 0) is 19.3 Å². The number of fused-ring (bicyclic) bond motifs is 2. The molecule has 6 heteroatoms. The van der Waals surface area contributed by atoms with Crippen molar-refractivity contribution in [3.8, 4) is 0 Å². The molecule has 136 valence electrons. The molecule has 1 heterocycles. The molecular weight excluding hydrogens is 324 g/mol. The van der Waals surface area contributed by atoms with E-state index in [4.69, 9.17) is 14.2 Å². The van der Waals surface area contributed by atoms with Crippen molar-refractivity contribution in [3.05, 3.63) is 24.3 Å². The Bertz CT molecular complexity index is 665. The van der Waals surface area contributed by atoms with Gasteiger partial charge in [0, 0.05) is 30.8 Å². The van der Waals surface area contributed by atoms with Gasteiger partial charge in [-0.2, -0.15) is 0 Å². The first-order chi connectivity index (χ1) is 11.6.